The molecule has 0 radical (unpaired) electrons. The second kappa shape index (κ2) is 9.19. The number of piperidine rings is 1. The van der Waals surface area contributed by atoms with Gasteiger partial charge < -0.3 is 19.9 Å². The lowest BCUT2D eigenvalue weighted by Gasteiger charge is -2.31. The number of ether oxygens (including phenoxy) is 1. The fourth-order valence-electron chi connectivity index (χ4n) is 3.75. The molecule has 7 nitrogen and oxygen atoms in total. The van der Waals surface area contributed by atoms with E-state index in [0.717, 1.165) is 48.7 Å². The third kappa shape index (κ3) is 5.02. The van der Waals surface area contributed by atoms with Gasteiger partial charge in [0.2, 0.25) is 5.91 Å². The average Bonchev–Trinajstić information content (AvgIpc) is 3.42. The summed E-state index contributed by atoms with van der Waals surface area (Å²) in [7, 11) is 1.65. The largest absolute Gasteiger partial charge is 0.497 e. The molecule has 0 saturated carbocycles. The van der Waals surface area contributed by atoms with E-state index in [9.17, 15) is 4.79 Å². The van der Waals surface area contributed by atoms with Crippen LogP contribution in [0.4, 0.5) is 5.13 Å². The molecule has 0 aliphatic carbocycles. The smallest absolute Gasteiger partial charge is 0.226 e. The molecular formula is C21H24N4O3S. The Labute approximate surface area is 173 Å². The summed E-state index contributed by atoms with van der Waals surface area (Å²) in [4.78, 5) is 16.5. The fraction of sp³-hybridized carbons (Fsp3) is 0.381. The van der Waals surface area contributed by atoms with Crippen molar-refractivity contribution in [3.63, 3.8) is 0 Å². The Morgan fingerprint density at radius 1 is 1.34 bits per heavy atom. The minimum atomic E-state index is 0.0240. The molecule has 2 aromatic heterocycles. The second-order valence-corrected chi connectivity index (χ2v) is 8.11. The fourth-order valence-corrected chi connectivity index (χ4v) is 4.29. The topological polar surface area (TPSA) is 89.3 Å². The van der Waals surface area contributed by atoms with E-state index in [1.54, 1.807) is 13.3 Å². The van der Waals surface area contributed by atoms with Crippen LogP contribution >= 0.6 is 11.3 Å². The van der Waals surface area contributed by atoms with Gasteiger partial charge in [0, 0.05) is 29.6 Å². The monoisotopic (exact) mass is 412 g/mol. The minimum absolute atomic E-state index is 0.0240. The first-order chi connectivity index (χ1) is 14.2. The molecule has 2 unspecified atom stereocenters. The molecule has 1 amide bonds. The maximum atomic E-state index is 12.4. The summed E-state index contributed by atoms with van der Waals surface area (Å²) >= 11 is 1.43. The van der Waals surface area contributed by atoms with Crippen molar-refractivity contribution in [1.82, 2.24) is 15.5 Å². The number of nitrogens with zero attached hydrogens (tertiary/aromatic N) is 2. The highest BCUT2D eigenvalue weighted by molar-refractivity contribution is 7.13. The maximum Gasteiger partial charge on any atom is 0.226 e. The molecule has 1 saturated heterocycles. The Hall–Kier alpha value is -2.71. The number of methoxy groups -OCH3 is 1. The van der Waals surface area contributed by atoms with Gasteiger partial charge in [-0.05, 0) is 62.0 Å². The number of hydrogen-bond acceptors (Lipinski definition) is 7. The molecule has 3 heterocycles. The van der Waals surface area contributed by atoms with Crippen LogP contribution in [0.2, 0.25) is 0 Å². The molecule has 1 aromatic carbocycles. The Bertz CT molecular complexity index is 924. The number of nitrogens with one attached hydrogen (secondary N) is 2. The summed E-state index contributed by atoms with van der Waals surface area (Å²) in [6.07, 6.45) is 3.94. The van der Waals surface area contributed by atoms with Crippen molar-refractivity contribution in [1.29, 1.82) is 0 Å². The number of amides is 1. The summed E-state index contributed by atoms with van der Waals surface area (Å²) in [5, 5.41) is 13.1. The number of benzene rings is 1. The number of rotatable bonds is 7. The number of carbonyl (C=O) groups is 1. The van der Waals surface area contributed by atoms with Gasteiger partial charge in [-0.1, -0.05) is 5.16 Å². The van der Waals surface area contributed by atoms with Crippen LogP contribution < -0.4 is 15.4 Å². The van der Waals surface area contributed by atoms with Gasteiger partial charge in [-0.15, -0.1) is 11.3 Å². The van der Waals surface area contributed by atoms with E-state index in [4.69, 9.17) is 9.26 Å². The van der Waals surface area contributed by atoms with Gasteiger partial charge in [-0.3, -0.25) is 4.79 Å². The zero-order valence-electron chi connectivity index (χ0n) is 16.3. The lowest BCUT2D eigenvalue weighted by atomic mass is 9.81. The number of hydrogen-bond donors (Lipinski definition) is 2. The molecule has 3 aromatic rings. The van der Waals surface area contributed by atoms with Gasteiger partial charge in [0.05, 0.1) is 12.8 Å². The van der Waals surface area contributed by atoms with Gasteiger partial charge in [0.1, 0.15) is 5.75 Å². The minimum Gasteiger partial charge on any atom is -0.497 e. The number of aromatic nitrogens is 2. The molecule has 1 aliphatic rings. The lowest BCUT2D eigenvalue weighted by molar-refractivity contribution is -0.117. The van der Waals surface area contributed by atoms with Crippen LogP contribution in [0.15, 0.2) is 46.4 Å². The van der Waals surface area contributed by atoms with Crippen LogP contribution in [0.1, 0.15) is 18.5 Å². The average molecular weight is 413 g/mol. The maximum absolute atomic E-state index is 12.4. The van der Waals surface area contributed by atoms with E-state index in [0.29, 0.717) is 23.4 Å². The third-order valence-corrected chi connectivity index (χ3v) is 5.98. The van der Waals surface area contributed by atoms with Crippen LogP contribution in [0.3, 0.4) is 0 Å². The standard InChI is InChI=1S/C21H24N4O3S/c1-27-18-4-2-14(3-5-18)19-12-17(25-28-19)10-16-13-22-7-6-15(16)11-20(26)24-21-23-8-9-29-21/h2-5,8-9,12,15-16,22H,6-7,10-11,13H2,1H3,(H,23,24,26). The first-order valence-electron chi connectivity index (χ1n) is 9.71. The van der Waals surface area contributed by atoms with Crippen molar-refractivity contribution in [2.24, 2.45) is 11.8 Å². The predicted molar refractivity (Wildman–Crippen MR) is 112 cm³/mol. The Balaban J connectivity index is 1.39. The van der Waals surface area contributed by atoms with E-state index in [1.807, 2.05) is 35.7 Å². The van der Waals surface area contributed by atoms with Crippen LogP contribution in [-0.4, -0.2) is 36.2 Å². The van der Waals surface area contributed by atoms with Gasteiger partial charge in [0.15, 0.2) is 10.9 Å². The molecule has 2 atom stereocenters. The molecule has 4 rings (SSSR count). The van der Waals surface area contributed by atoms with Crippen molar-refractivity contribution in [2.45, 2.75) is 19.3 Å². The Morgan fingerprint density at radius 2 is 2.21 bits per heavy atom. The zero-order valence-corrected chi connectivity index (χ0v) is 17.1. The lowest BCUT2D eigenvalue weighted by Crippen LogP contribution is -2.39. The molecule has 29 heavy (non-hydrogen) atoms. The van der Waals surface area contributed by atoms with Crippen molar-refractivity contribution >= 4 is 22.4 Å². The molecule has 0 bridgehead atoms. The van der Waals surface area contributed by atoms with Crippen LogP contribution in [-0.2, 0) is 11.2 Å². The van der Waals surface area contributed by atoms with Crippen LogP contribution in [0.25, 0.3) is 11.3 Å². The van der Waals surface area contributed by atoms with Crippen molar-refractivity contribution in [3.05, 3.63) is 47.6 Å². The van der Waals surface area contributed by atoms with E-state index in [2.05, 4.69) is 20.8 Å². The third-order valence-electron chi connectivity index (χ3n) is 5.30. The highest BCUT2D eigenvalue weighted by atomic mass is 32.1. The highest BCUT2D eigenvalue weighted by Crippen LogP contribution is 2.29. The van der Waals surface area contributed by atoms with Gasteiger partial charge in [0.25, 0.3) is 0 Å². The summed E-state index contributed by atoms with van der Waals surface area (Å²) in [6, 6.07) is 9.70. The van der Waals surface area contributed by atoms with E-state index < -0.39 is 0 Å². The van der Waals surface area contributed by atoms with E-state index in [-0.39, 0.29) is 5.91 Å². The van der Waals surface area contributed by atoms with E-state index in [1.165, 1.54) is 11.3 Å². The van der Waals surface area contributed by atoms with E-state index >= 15 is 0 Å². The second-order valence-electron chi connectivity index (χ2n) is 7.22. The number of carbonyl (C=O) groups excluding carboxylic acids is 1. The molecule has 152 valence electrons. The molecule has 1 fully saturated rings. The molecule has 1 aliphatic heterocycles. The quantitative estimate of drug-likeness (QED) is 0.616. The van der Waals surface area contributed by atoms with Gasteiger partial charge >= 0.3 is 0 Å². The van der Waals surface area contributed by atoms with Gasteiger partial charge in [-0.2, -0.15) is 0 Å². The predicted octanol–water partition coefficient (Wildman–Crippen LogP) is 3.60. The normalized spacial score (nSPS) is 19.1. The van der Waals surface area contributed by atoms with Crippen molar-refractivity contribution < 1.29 is 14.1 Å². The summed E-state index contributed by atoms with van der Waals surface area (Å²) in [5.74, 6) is 2.21. The Kier molecular flexibility index (Phi) is 6.21. The SMILES string of the molecule is COc1ccc(-c2cc(CC3CNCCC3CC(=O)Nc3nccs3)no2)cc1. The zero-order chi connectivity index (χ0) is 20.1. The first-order valence-corrected chi connectivity index (χ1v) is 10.6. The molecule has 8 heteroatoms. The highest BCUT2D eigenvalue weighted by Gasteiger charge is 2.28. The van der Waals surface area contributed by atoms with Crippen molar-refractivity contribution in [2.75, 3.05) is 25.5 Å². The summed E-state index contributed by atoms with van der Waals surface area (Å²) in [5.41, 5.74) is 1.88. The van der Waals surface area contributed by atoms with Gasteiger partial charge in [-0.25, -0.2) is 4.98 Å². The summed E-state index contributed by atoms with van der Waals surface area (Å²) in [6.45, 7) is 1.81. The number of anilines is 1. The molecular weight excluding hydrogens is 388 g/mol. The molecule has 2 N–H and O–H groups in total. The van der Waals surface area contributed by atoms with Crippen LogP contribution in [0.5, 0.6) is 5.75 Å². The van der Waals surface area contributed by atoms with Crippen LogP contribution in [0, 0.1) is 11.8 Å². The molecule has 0 spiro atoms. The summed E-state index contributed by atoms with van der Waals surface area (Å²) < 4.78 is 10.8. The Morgan fingerprint density at radius 3 is 2.97 bits per heavy atom. The van der Waals surface area contributed by atoms with Crippen molar-refractivity contribution in [3.8, 4) is 17.1 Å². The number of thiazole rings is 1. The first kappa shape index (κ1) is 19.6.